The predicted molar refractivity (Wildman–Crippen MR) is 75.8 cm³/mol. The number of nitrogens with two attached hydrogens (primary N) is 1. The van der Waals surface area contributed by atoms with Crippen LogP contribution in [-0.4, -0.2) is 42.6 Å². The molecule has 0 bridgehead atoms. The van der Waals surface area contributed by atoms with Gasteiger partial charge in [0.25, 0.3) is 0 Å². The van der Waals surface area contributed by atoms with Crippen LogP contribution in [0.25, 0.3) is 0 Å². The maximum Gasteiger partial charge on any atom is 0.133 e. The van der Waals surface area contributed by atoms with Crippen LogP contribution >= 0.6 is 0 Å². The fourth-order valence-electron chi connectivity index (χ4n) is 2.50. The summed E-state index contributed by atoms with van der Waals surface area (Å²) in [7, 11) is 0. The Balaban J connectivity index is 2.06. The van der Waals surface area contributed by atoms with Gasteiger partial charge < -0.3 is 10.6 Å². The summed E-state index contributed by atoms with van der Waals surface area (Å²) < 4.78 is 0. The Kier molecular flexibility index (Phi) is 4.55. The van der Waals surface area contributed by atoms with Crippen molar-refractivity contribution in [2.24, 2.45) is 5.73 Å². The molecule has 0 saturated carbocycles. The molecule has 0 unspecified atom stereocenters. The molecule has 1 aliphatic rings. The molecule has 1 fully saturated rings. The maximum atomic E-state index is 5.81. The number of piperazine rings is 1. The molecule has 18 heavy (non-hydrogen) atoms. The molecule has 2 rings (SSSR count). The first-order chi connectivity index (χ1) is 8.74. The summed E-state index contributed by atoms with van der Waals surface area (Å²) in [6, 6.07) is 4.15. The molecule has 4 heteroatoms. The average Bonchev–Trinajstić information content (AvgIpc) is 2.40. The molecule has 1 aliphatic heterocycles. The Bertz CT molecular complexity index is 383. The van der Waals surface area contributed by atoms with E-state index in [0.717, 1.165) is 43.3 Å². The number of nitrogens with zero attached hydrogens (tertiary/aromatic N) is 3. The molecule has 4 nitrogen and oxygen atoms in total. The Morgan fingerprint density at radius 3 is 2.56 bits per heavy atom. The standard InChI is InChI=1S/C14H24N4/c1-3-6-17-7-9-18(10-8-17)14-13(11-15)5-4-12(2)16-14/h4-5H,3,6-11,15H2,1-2H3. The van der Waals surface area contributed by atoms with Crippen molar-refractivity contribution in [2.75, 3.05) is 37.6 Å². The molecular weight excluding hydrogens is 224 g/mol. The van der Waals surface area contributed by atoms with Gasteiger partial charge in [-0.1, -0.05) is 13.0 Å². The van der Waals surface area contributed by atoms with E-state index in [1.807, 2.05) is 13.0 Å². The van der Waals surface area contributed by atoms with Crippen molar-refractivity contribution in [1.82, 2.24) is 9.88 Å². The van der Waals surface area contributed by atoms with Gasteiger partial charge in [-0.05, 0) is 26.0 Å². The van der Waals surface area contributed by atoms with Gasteiger partial charge in [0.1, 0.15) is 5.82 Å². The van der Waals surface area contributed by atoms with E-state index in [4.69, 9.17) is 5.73 Å². The highest BCUT2D eigenvalue weighted by Crippen LogP contribution is 2.19. The van der Waals surface area contributed by atoms with E-state index in [-0.39, 0.29) is 0 Å². The van der Waals surface area contributed by atoms with Gasteiger partial charge in [-0.2, -0.15) is 0 Å². The Morgan fingerprint density at radius 1 is 1.22 bits per heavy atom. The van der Waals surface area contributed by atoms with Crippen molar-refractivity contribution in [1.29, 1.82) is 0 Å². The van der Waals surface area contributed by atoms with Crippen molar-refractivity contribution in [2.45, 2.75) is 26.8 Å². The molecule has 100 valence electrons. The Hall–Kier alpha value is -1.13. The fourth-order valence-corrected chi connectivity index (χ4v) is 2.50. The molecule has 2 N–H and O–H groups in total. The van der Waals surface area contributed by atoms with Gasteiger partial charge in [-0.15, -0.1) is 0 Å². The molecule has 1 aromatic heterocycles. The minimum Gasteiger partial charge on any atom is -0.354 e. The second kappa shape index (κ2) is 6.16. The molecule has 0 amide bonds. The molecule has 0 aliphatic carbocycles. The van der Waals surface area contributed by atoms with Crippen LogP contribution < -0.4 is 10.6 Å². The van der Waals surface area contributed by atoms with Gasteiger partial charge in [0.2, 0.25) is 0 Å². The summed E-state index contributed by atoms with van der Waals surface area (Å²) in [4.78, 5) is 9.56. The minimum absolute atomic E-state index is 0.567. The number of aromatic nitrogens is 1. The van der Waals surface area contributed by atoms with Gasteiger partial charge in [0, 0.05) is 44.0 Å². The maximum absolute atomic E-state index is 5.81. The molecule has 2 heterocycles. The Morgan fingerprint density at radius 2 is 1.94 bits per heavy atom. The summed E-state index contributed by atoms with van der Waals surface area (Å²) in [6.45, 7) is 10.4. The van der Waals surface area contributed by atoms with Crippen molar-refractivity contribution in [3.63, 3.8) is 0 Å². The zero-order valence-electron chi connectivity index (χ0n) is 11.5. The van der Waals surface area contributed by atoms with E-state index in [2.05, 4.69) is 27.8 Å². The molecule has 0 aromatic carbocycles. The lowest BCUT2D eigenvalue weighted by molar-refractivity contribution is 0.258. The van der Waals surface area contributed by atoms with E-state index in [0.29, 0.717) is 6.54 Å². The predicted octanol–water partition coefficient (Wildman–Crippen LogP) is 1.38. The SMILES string of the molecule is CCCN1CCN(c2nc(C)ccc2CN)CC1. The van der Waals surface area contributed by atoms with Crippen LogP contribution in [0.1, 0.15) is 24.6 Å². The van der Waals surface area contributed by atoms with Crippen LogP contribution in [0.2, 0.25) is 0 Å². The lowest BCUT2D eigenvalue weighted by Crippen LogP contribution is -2.47. The number of pyridine rings is 1. The summed E-state index contributed by atoms with van der Waals surface area (Å²) in [5.41, 5.74) is 8.03. The number of hydrogen-bond acceptors (Lipinski definition) is 4. The molecule has 0 atom stereocenters. The van der Waals surface area contributed by atoms with E-state index in [1.54, 1.807) is 0 Å². The van der Waals surface area contributed by atoms with Crippen molar-refractivity contribution < 1.29 is 0 Å². The molecule has 1 aromatic rings. The van der Waals surface area contributed by atoms with Crippen LogP contribution in [0.15, 0.2) is 12.1 Å². The van der Waals surface area contributed by atoms with Crippen molar-refractivity contribution in [3.05, 3.63) is 23.4 Å². The van der Waals surface area contributed by atoms with Crippen LogP contribution in [0.4, 0.5) is 5.82 Å². The summed E-state index contributed by atoms with van der Waals surface area (Å²) in [5.74, 6) is 1.09. The number of hydrogen-bond donors (Lipinski definition) is 1. The molecular formula is C14H24N4. The number of aryl methyl sites for hydroxylation is 1. The van der Waals surface area contributed by atoms with E-state index < -0.39 is 0 Å². The van der Waals surface area contributed by atoms with Crippen LogP contribution in [0.3, 0.4) is 0 Å². The lowest BCUT2D eigenvalue weighted by atomic mass is 10.2. The van der Waals surface area contributed by atoms with Crippen molar-refractivity contribution >= 4 is 5.82 Å². The summed E-state index contributed by atoms with van der Waals surface area (Å²) >= 11 is 0. The first-order valence-electron chi connectivity index (χ1n) is 6.88. The highest BCUT2D eigenvalue weighted by molar-refractivity contribution is 5.48. The van der Waals surface area contributed by atoms with Gasteiger partial charge >= 0.3 is 0 Å². The van der Waals surface area contributed by atoms with E-state index in [9.17, 15) is 0 Å². The largest absolute Gasteiger partial charge is 0.354 e. The highest BCUT2D eigenvalue weighted by atomic mass is 15.3. The van der Waals surface area contributed by atoms with E-state index >= 15 is 0 Å². The van der Waals surface area contributed by atoms with Crippen LogP contribution in [-0.2, 0) is 6.54 Å². The zero-order valence-corrected chi connectivity index (χ0v) is 11.5. The van der Waals surface area contributed by atoms with Gasteiger partial charge in [-0.25, -0.2) is 4.98 Å². The van der Waals surface area contributed by atoms with Crippen molar-refractivity contribution in [3.8, 4) is 0 Å². The first kappa shape index (κ1) is 13.3. The third-order valence-corrected chi connectivity index (χ3v) is 3.53. The van der Waals surface area contributed by atoms with Crippen LogP contribution in [0.5, 0.6) is 0 Å². The summed E-state index contributed by atoms with van der Waals surface area (Å²) in [5, 5.41) is 0. The van der Waals surface area contributed by atoms with E-state index in [1.165, 1.54) is 13.0 Å². The smallest absolute Gasteiger partial charge is 0.133 e. The van der Waals surface area contributed by atoms with Gasteiger partial charge in [0.15, 0.2) is 0 Å². The minimum atomic E-state index is 0.567. The molecule has 1 saturated heterocycles. The lowest BCUT2D eigenvalue weighted by Gasteiger charge is -2.36. The monoisotopic (exact) mass is 248 g/mol. The normalized spacial score (nSPS) is 17.2. The topological polar surface area (TPSA) is 45.4 Å². The third-order valence-electron chi connectivity index (χ3n) is 3.53. The third kappa shape index (κ3) is 3.00. The van der Waals surface area contributed by atoms with Crippen LogP contribution in [0, 0.1) is 6.92 Å². The molecule has 0 spiro atoms. The number of anilines is 1. The Labute approximate surface area is 110 Å². The van der Waals surface area contributed by atoms with Gasteiger partial charge in [0.05, 0.1) is 0 Å². The van der Waals surface area contributed by atoms with Gasteiger partial charge in [-0.3, -0.25) is 4.90 Å². The molecule has 0 radical (unpaired) electrons. The second-order valence-electron chi connectivity index (χ2n) is 4.97. The fraction of sp³-hybridized carbons (Fsp3) is 0.643. The highest BCUT2D eigenvalue weighted by Gasteiger charge is 2.19. The number of rotatable bonds is 4. The first-order valence-corrected chi connectivity index (χ1v) is 6.88. The second-order valence-corrected chi connectivity index (χ2v) is 4.97. The zero-order chi connectivity index (χ0) is 13.0. The quantitative estimate of drug-likeness (QED) is 0.874. The summed E-state index contributed by atoms with van der Waals surface area (Å²) in [6.07, 6.45) is 1.23. The average molecular weight is 248 g/mol.